The smallest absolute Gasteiger partial charge is 0.166 e. The Morgan fingerprint density at radius 3 is 2.24 bits per heavy atom. The molecule has 1 saturated carbocycles. The minimum absolute atomic E-state index is 0.00464. The first-order valence-corrected chi connectivity index (χ1v) is 6.44. The highest BCUT2D eigenvalue weighted by Gasteiger charge is 2.31. The van der Waals surface area contributed by atoms with E-state index in [-0.39, 0.29) is 17.8 Å². The van der Waals surface area contributed by atoms with Crippen LogP contribution < -0.4 is 4.74 Å². The third-order valence-electron chi connectivity index (χ3n) is 2.58. The zero-order valence-corrected chi connectivity index (χ0v) is 11.3. The van der Waals surface area contributed by atoms with Gasteiger partial charge in [0, 0.05) is 11.5 Å². The number of ether oxygens (including phenoxy) is 1. The SMILES string of the molecule is CC(C)Oc1c(Cl)cc(C(=O)C2CC2)cc1Cl. The van der Waals surface area contributed by atoms with Gasteiger partial charge >= 0.3 is 0 Å². The molecule has 0 aliphatic heterocycles. The Balaban J connectivity index is 2.30. The Labute approximate surface area is 111 Å². The standard InChI is InChI=1S/C13H14Cl2O2/c1-7(2)17-13-10(14)5-9(6-11(13)15)12(16)8-3-4-8/h5-8H,3-4H2,1-2H3. The Hall–Kier alpha value is -0.730. The number of hydrogen-bond donors (Lipinski definition) is 0. The first-order chi connectivity index (χ1) is 7.99. The lowest BCUT2D eigenvalue weighted by Gasteiger charge is -2.14. The van der Waals surface area contributed by atoms with Crippen LogP contribution in [0.2, 0.25) is 10.0 Å². The van der Waals surface area contributed by atoms with Gasteiger partial charge in [0.25, 0.3) is 0 Å². The second-order valence-corrected chi connectivity index (χ2v) is 5.39. The number of hydrogen-bond acceptors (Lipinski definition) is 2. The zero-order chi connectivity index (χ0) is 12.6. The van der Waals surface area contributed by atoms with E-state index in [2.05, 4.69) is 0 Å². The monoisotopic (exact) mass is 272 g/mol. The first-order valence-electron chi connectivity index (χ1n) is 5.69. The van der Waals surface area contributed by atoms with E-state index < -0.39 is 0 Å². The number of carbonyl (C=O) groups is 1. The Bertz CT molecular complexity index is 428. The van der Waals surface area contributed by atoms with Gasteiger partial charge in [-0.2, -0.15) is 0 Å². The highest BCUT2D eigenvalue weighted by Crippen LogP contribution is 2.38. The molecule has 2 rings (SSSR count). The molecule has 0 bridgehead atoms. The molecule has 0 atom stereocenters. The topological polar surface area (TPSA) is 26.3 Å². The number of rotatable bonds is 4. The van der Waals surface area contributed by atoms with E-state index in [1.54, 1.807) is 12.1 Å². The number of halogens is 2. The lowest BCUT2D eigenvalue weighted by atomic mass is 10.1. The van der Waals surface area contributed by atoms with Crippen molar-refractivity contribution >= 4 is 29.0 Å². The molecule has 0 radical (unpaired) electrons. The lowest BCUT2D eigenvalue weighted by molar-refractivity contribution is 0.0967. The number of benzene rings is 1. The molecule has 1 aromatic rings. The van der Waals surface area contributed by atoms with Crippen LogP contribution in [0.5, 0.6) is 5.75 Å². The molecule has 1 fully saturated rings. The minimum Gasteiger partial charge on any atom is -0.488 e. The normalized spacial score (nSPS) is 15.1. The summed E-state index contributed by atoms with van der Waals surface area (Å²) in [7, 11) is 0. The summed E-state index contributed by atoms with van der Waals surface area (Å²) < 4.78 is 5.51. The molecule has 0 aromatic heterocycles. The molecular weight excluding hydrogens is 259 g/mol. The third kappa shape index (κ3) is 2.93. The highest BCUT2D eigenvalue weighted by molar-refractivity contribution is 6.37. The van der Waals surface area contributed by atoms with Gasteiger partial charge in [0.2, 0.25) is 0 Å². The molecule has 0 N–H and O–H groups in total. The van der Waals surface area contributed by atoms with Crippen LogP contribution in [0.25, 0.3) is 0 Å². The average Bonchev–Trinajstić information content (AvgIpc) is 3.05. The van der Waals surface area contributed by atoms with Crippen molar-refractivity contribution in [1.29, 1.82) is 0 Å². The summed E-state index contributed by atoms with van der Waals surface area (Å²) >= 11 is 12.2. The summed E-state index contributed by atoms with van der Waals surface area (Å²) in [4.78, 5) is 11.9. The van der Waals surface area contributed by atoms with Crippen LogP contribution in [-0.4, -0.2) is 11.9 Å². The van der Waals surface area contributed by atoms with Crippen LogP contribution in [0.1, 0.15) is 37.0 Å². The molecule has 0 amide bonds. The Morgan fingerprint density at radius 2 is 1.82 bits per heavy atom. The van der Waals surface area contributed by atoms with Gasteiger partial charge in [0.05, 0.1) is 16.1 Å². The van der Waals surface area contributed by atoms with Crippen LogP contribution in [-0.2, 0) is 0 Å². The maximum atomic E-state index is 11.9. The van der Waals surface area contributed by atoms with Crippen molar-refractivity contribution in [2.45, 2.75) is 32.8 Å². The summed E-state index contributed by atoms with van der Waals surface area (Å²) in [5, 5.41) is 0.797. The quantitative estimate of drug-likeness (QED) is 0.761. The Morgan fingerprint density at radius 1 is 1.29 bits per heavy atom. The summed E-state index contributed by atoms with van der Waals surface area (Å²) in [5.41, 5.74) is 0.582. The van der Waals surface area contributed by atoms with Gasteiger partial charge in [-0.05, 0) is 38.8 Å². The molecule has 4 heteroatoms. The van der Waals surface area contributed by atoms with Gasteiger partial charge in [-0.1, -0.05) is 23.2 Å². The third-order valence-corrected chi connectivity index (χ3v) is 3.15. The van der Waals surface area contributed by atoms with Crippen molar-refractivity contribution in [1.82, 2.24) is 0 Å². The van der Waals surface area contributed by atoms with Gasteiger partial charge in [-0.3, -0.25) is 4.79 Å². The summed E-state index contributed by atoms with van der Waals surface area (Å²) in [6.45, 7) is 3.80. The predicted molar refractivity (Wildman–Crippen MR) is 69.3 cm³/mol. The maximum absolute atomic E-state index is 11.9. The summed E-state index contributed by atoms with van der Waals surface area (Å²) in [6, 6.07) is 3.29. The van der Waals surface area contributed by atoms with E-state index in [9.17, 15) is 4.79 Å². The molecule has 92 valence electrons. The van der Waals surface area contributed by atoms with Crippen molar-refractivity contribution in [2.24, 2.45) is 5.92 Å². The molecule has 1 aliphatic carbocycles. The summed E-state index contributed by atoms with van der Waals surface area (Å²) in [6.07, 6.45) is 1.94. The predicted octanol–water partition coefficient (Wildman–Crippen LogP) is 4.37. The molecule has 2 nitrogen and oxygen atoms in total. The van der Waals surface area contributed by atoms with Crippen molar-refractivity contribution < 1.29 is 9.53 Å². The van der Waals surface area contributed by atoms with Gasteiger partial charge in [0.1, 0.15) is 0 Å². The molecule has 17 heavy (non-hydrogen) atoms. The maximum Gasteiger partial charge on any atom is 0.166 e. The fourth-order valence-corrected chi connectivity index (χ4v) is 2.21. The van der Waals surface area contributed by atoms with Crippen LogP contribution in [0.3, 0.4) is 0 Å². The second-order valence-electron chi connectivity index (χ2n) is 4.57. The van der Waals surface area contributed by atoms with Crippen molar-refractivity contribution in [2.75, 3.05) is 0 Å². The van der Waals surface area contributed by atoms with E-state index in [1.807, 2.05) is 13.8 Å². The minimum atomic E-state index is -0.00464. The van der Waals surface area contributed by atoms with Crippen molar-refractivity contribution in [3.8, 4) is 5.75 Å². The second kappa shape index (κ2) is 4.87. The van der Waals surface area contributed by atoms with Gasteiger partial charge < -0.3 is 4.74 Å². The molecule has 1 aromatic carbocycles. The van der Waals surface area contributed by atoms with Crippen LogP contribution >= 0.6 is 23.2 Å². The average molecular weight is 273 g/mol. The lowest BCUT2D eigenvalue weighted by Crippen LogP contribution is -2.08. The van der Waals surface area contributed by atoms with Gasteiger partial charge in [-0.25, -0.2) is 0 Å². The van der Waals surface area contributed by atoms with Crippen molar-refractivity contribution in [3.05, 3.63) is 27.7 Å². The van der Waals surface area contributed by atoms with Crippen LogP contribution in [0.4, 0.5) is 0 Å². The number of carbonyl (C=O) groups excluding carboxylic acids is 1. The first kappa shape index (κ1) is 12.7. The fourth-order valence-electron chi connectivity index (χ4n) is 1.63. The van der Waals surface area contributed by atoms with E-state index >= 15 is 0 Å². The molecule has 0 heterocycles. The molecule has 0 unspecified atom stereocenters. The highest BCUT2D eigenvalue weighted by atomic mass is 35.5. The fraction of sp³-hybridized carbons (Fsp3) is 0.462. The van der Waals surface area contributed by atoms with Crippen LogP contribution in [0, 0.1) is 5.92 Å². The molecule has 0 spiro atoms. The molecule has 0 saturated heterocycles. The van der Waals surface area contributed by atoms with Gasteiger partial charge in [0.15, 0.2) is 11.5 Å². The Kier molecular flexibility index (Phi) is 3.64. The van der Waals surface area contributed by atoms with E-state index in [0.717, 1.165) is 12.8 Å². The summed E-state index contributed by atoms with van der Waals surface area (Å²) in [5.74, 6) is 0.750. The van der Waals surface area contributed by atoms with E-state index in [0.29, 0.717) is 21.4 Å². The zero-order valence-electron chi connectivity index (χ0n) is 9.80. The number of Topliss-reactive ketones (excluding diaryl/α,β-unsaturated/α-hetero) is 1. The van der Waals surface area contributed by atoms with E-state index in [1.165, 1.54) is 0 Å². The molecular formula is C13H14Cl2O2. The van der Waals surface area contributed by atoms with Crippen molar-refractivity contribution in [3.63, 3.8) is 0 Å². The van der Waals surface area contributed by atoms with Crippen LogP contribution in [0.15, 0.2) is 12.1 Å². The van der Waals surface area contributed by atoms with E-state index in [4.69, 9.17) is 27.9 Å². The largest absolute Gasteiger partial charge is 0.488 e. The van der Waals surface area contributed by atoms with Gasteiger partial charge in [-0.15, -0.1) is 0 Å². The molecule has 1 aliphatic rings. The number of ketones is 1.